The van der Waals surface area contributed by atoms with Crippen LogP contribution in [-0.2, 0) is 11.3 Å². The maximum atomic E-state index is 11.8. The van der Waals surface area contributed by atoms with Crippen molar-refractivity contribution in [2.45, 2.75) is 25.9 Å². The molecule has 0 saturated heterocycles. The Labute approximate surface area is 118 Å². The van der Waals surface area contributed by atoms with E-state index in [0.29, 0.717) is 13.0 Å². The third kappa shape index (κ3) is 4.30. The number of carboxylic acid groups (broad SMARTS) is 1. The average molecular weight is 335 g/mol. The van der Waals surface area contributed by atoms with Gasteiger partial charge in [-0.15, -0.1) is 11.3 Å². The van der Waals surface area contributed by atoms with Crippen molar-refractivity contribution in [3.05, 3.63) is 20.8 Å². The van der Waals surface area contributed by atoms with E-state index in [-0.39, 0.29) is 6.03 Å². The van der Waals surface area contributed by atoms with Gasteiger partial charge in [0.15, 0.2) is 0 Å². The van der Waals surface area contributed by atoms with Crippen molar-refractivity contribution < 1.29 is 14.7 Å². The van der Waals surface area contributed by atoms with E-state index in [1.807, 2.05) is 11.4 Å². The van der Waals surface area contributed by atoms with E-state index in [2.05, 4.69) is 21.2 Å². The van der Waals surface area contributed by atoms with Gasteiger partial charge in [0.25, 0.3) is 0 Å². The lowest BCUT2D eigenvalue weighted by Crippen LogP contribution is -2.46. The van der Waals surface area contributed by atoms with Crippen LogP contribution in [-0.4, -0.2) is 35.1 Å². The summed E-state index contributed by atoms with van der Waals surface area (Å²) in [4.78, 5) is 24.0. The summed E-state index contributed by atoms with van der Waals surface area (Å²) in [5.74, 6) is -1.02. The van der Waals surface area contributed by atoms with Crippen molar-refractivity contribution in [2.75, 3.05) is 7.05 Å². The summed E-state index contributed by atoms with van der Waals surface area (Å²) in [6, 6.07) is 0.712. The van der Waals surface area contributed by atoms with Crippen LogP contribution in [0.25, 0.3) is 0 Å². The molecule has 2 N–H and O–H groups in total. The van der Waals surface area contributed by atoms with Gasteiger partial charge in [0.2, 0.25) is 0 Å². The van der Waals surface area contributed by atoms with Crippen LogP contribution in [0, 0.1) is 0 Å². The van der Waals surface area contributed by atoms with Crippen LogP contribution in [0.5, 0.6) is 0 Å². The maximum absolute atomic E-state index is 11.8. The molecule has 0 fully saturated rings. The summed E-state index contributed by atoms with van der Waals surface area (Å²) < 4.78 is 1.00. The molecular formula is C11H15BrN2O3S. The van der Waals surface area contributed by atoms with Gasteiger partial charge >= 0.3 is 12.0 Å². The van der Waals surface area contributed by atoms with E-state index in [1.54, 1.807) is 25.3 Å². The Balaban J connectivity index is 2.53. The molecule has 0 radical (unpaired) electrons. The Morgan fingerprint density at radius 3 is 2.72 bits per heavy atom. The molecule has 5 nitrogen and oxygen atoms in total. The van der Waals surface area contributed by atoms with Crippen molar-refractivity contribution in [2.24, 2.45) is 0 Å². The molecule has 0 aliphatic carbocycles. The number of carbonyl (C=O) groups excluding carboxylic acids is 1. The summed E-state index contributed by atoms with van der Waals surface area (Å²) in [5, 5.41) is 13.3. The Hall–Kier alpha value is -1.08. The van der Waals surface area contributed by atoms with Crippen molar-refractivity contribution in [3.8, 4) is 0 Å². The van der Waals surface area contributed by atoms with E-state index >= 15 is 0 Å². The Morgan fingerprint density at radius 2 is 2.28 bits per heavy atom. The van der Waals surface area contributed by atoms with Crippen LogP contribution in [0.4, 0.5) is 4.79 Å². The third-order valence-corrected chi connectivity index (χ3v) is 3.95. The van der Waals surface area contributed by atoms with Gasteiger partial charge in [0.1, 0.15) is 6.04 Å². The largest absolute Gasteiger partial charge is 0.480 e. The van der Waals surface area contributed by atoms with E-state index in [0.717, 1.165) is 9.35 Å². The van der Waals surface area contributed by atoms with Crippen LogP contribution >= 0.6 is 27.3 Å². The molecule has 0 bridgehead atoms. The molecule has 1 rings (SSSR count). The van der Waals surface area contributed by atoms with E-state index in [4.69, 9.17) is 5.11 Å². The van der Waals surface area contributed by atoms with Crippen molar-refractivity contribution >= 4 is 39.3 Å². The molecule has 1 aromatic heterocycles. The number of thiophene rings is 1. The Kier molecular flexibility index (Phi) is 5.61. The van der Waals surface area contributed by atoms with E-state index in [9.17, 15) is 9.59 Å². The Bertz CT molecular complexity index is 436. The number of nitrogens with zero attached hydrogens (tertiary/aromatic N) is 1. The number of carbonyl (C=O) groups is 2. The minimum atomic E-state index is -1.02. The first kappa shape index (κ1) is 15.0. The van der Waals surface area contributed by atoms with Crippen molar-refractivity contribution in [3.63, 3.8) is 0 Å². The van der Waals surface area contributed by atoms with E-state index in [1.165, 1.54) is 4.90 Å². The molecule has 0 aliphatic heterocycles. The van der Waals surface area contributed by atoms with Crippen LogP contribution < -0.4 is 5.32 Å². The first-order valence-corrected chi connectivity index (χ1v) is 7.08. The smallest absolute Gasteiger partial charge is 0.326 e. The van der Waals surface area contributed by atoms with Gasteiger partial charge in [-0.05, 0) is 39.4 Å². The lowest BCUT2D eigenvalue weighted by Gasteiger charge is -2.20. The van der Waals surface area contributed by atoms with Gasteiger partial charge in [-0.3, -0.25) is 0 Å². The SMILES string of the molecule is CCC(NC(=O)N(C)Cc1csc(Br)c1)C(=O)O. The van der Waals surface area contributed by atoms with Gasteiger partial charge in [0, 0.05) is 13.6 Å². The highest BCUT2D eigenvalue weighted by molar-refractivity contribution is 9.11. The highest BCUT2D eigenvalue weighted by atomic mass is 79.9. The molecule has 2 amide bonds. The predicted octanol–water partition coefficient (Wildman–Crippen LogP) is 2.52. The monoisotopic (exact) mass is 334 g/mol. The fourth-order valence-electron chi connectivity index (χ4n) is 1.37. The summed E-state index contributed by atoms with van der Waals surface area (Å²) in [5.41, 5.74) is 1.01. The van der Waals surface area contributed by atoms with E-state index < -0.39 is 12.0 Å². The van der Waals surface area contributed by atoms with Crippen LogP contribution in [0.1, 0.15) is 18.9 Å². The molecule has 1 atom stereocenters. The zero-order chi connectivity index (χ0) is 13.7. The number of rotatable bonds is 5. The van der Waals surface area contributed by atoms with Crippen LogP contribution in [0.2, 0.25) is 0 Å². The number of aliphatic carboxylic acids is 1. The number of urea groups is 1. The minimum absolute atomic E-state index is 0.360. The zero-order valence-electron chi connectivity index (χ0n) is 10.1. The molecule has 1 aromatic rings. The third-order valence-electron chi connectivity index (χ3n) is 2.39. The molecular weight excluding hydrogens is 320 g/mol. The summed E-state index contributed by atoms with van der Waals surface area (Å²) in [6.45, 7) is 2.17. The molecule has 0 saturated carbocycles. The summed E-state index contributed by atoms with van der Waals surface area (Å²) in [7, 11) is 1.63. The molecule has 0 aromatic carbocycles. The summed E-state index contributed by atoms with van der Waals surface area (Å²) >= 11 is 4.90. The predicted molar refractivity (Wildman–Crippen MR) is 73.7 cm³/mol. The number of hydrogen-bond acceptors (Lipinski definition) is 3. The molecule has 0 spiro atoms. The van der Waals surface area contributed by atoms with Gasteiger partial charge in [-0.1, -0.05) is 6.92 Å². The highest BCUT2D eigenvalue weighted by Gasteiger charge is 2.19. The number of halogens is 1. The zero-order valence-corrected chi connectivity index (χ0v) is 12.5. The lowest BCUT2D eigenvalue weighted by atomic mass is 10.2. The normalized spacial score (nSPS) is 11.9. The number of nitrogens with one attached hydrogen (secondary N) is 1. The first-order chi connectivity index (χ1) is 8.43. The molecule has 100 valence electrons. The number of hydrogen-bond donors (Lipinski definition) is 2. The van der Waals surface area contributed by atoms with Crippen molar-refractivity contribution in [1.82, 2.24) is 10.2 Å². The quantitative estimate of drug-likeness (QED) is 0.869. The fourth-order valence-corrected chi connectivity index (χ4v) is 2.57. The number of amides is 2. The summed E-state index contributed by atoms with van der Waals surface area (Å²) in [6.07, 6.45) is 0.360. The average Bonchev–Trinajstić information content (AvgIpc) is 2.70. The van der Waals surface area contributed by atoms with Crippen LogP contribution in [0.3, 0.4) is 0 Å². The second-order valence-electron chi connectivity index (χ2n) is 3.86. The topological polar surface area (TPSA) is 69.6 Å². The van der Waals surface area contributed by atoms with Gasteiger partial charge < -0.3 is 15.3 Å². The van der Waals surface area contributed by atoms with Gasteiger partial charge in [-0.2, -0.15) is 0 Å². The molecule has 18 heavy (non-hydrogen) atoms. The Morgan fingerprint density at radius 1 is 1.61 bits per heavy atom. The molecule has 1 heterocycles. The highest BCUT2D eigenvalue weighted by Crippen LogP contribution is 2.21. The second-order valence-corrected chi connectivity index (χ2v) is 6.15. The molecule has 1 unspecified atom stereocenters. The number of carboxylic acids is 1. The van der Waals surface area contributed by atoms with Crippen molar-refractivity contribution in [1.29, 1.82) is 0 Å². The first-order valence-electron chi connectivity index (χ1n) is 5.41. The van der Waals surface area contributed by atoms with Crippen LogP contribution in [0.15, 0.2) is 15.2 Å². The van der Waals surface area contributed by atoms with Gasteiger partial charge in [-0.25, -0.2) is 9.59 Å². The second kappa shape index (κ2) is 6.75. The fraction of sp³-hybridized carbons (Fsp3) is 0.455. The minimum Gasteiger partial charge on any atom is -0.480 e. The van der Waals surface area contributed by atoms with Gasteiger partial charge in [0.05, 0.1) is 3.79 Å². The molecule has 7 heteroatoms. The lowest BCUT2D eigenvalue weighted by molar-refractivity contribution is -0.139. The standard InChI is InChI=1S/C11H15BrN2O3S/c1-3-8(10(15)16)13-11(17)14(2)5-7-4-9(12)18-6-7/h4,6,8H,3,5H2,1-2H3,(H,13,17)(H,15,16). The maximum Gasteiger partial charge on any atom is 0.326 e. The molecule has 0 aliphatic rings.